The van der Waals surface area contributed by atoms with Crippen LogP contribution in [0.2, 0.25) is 5.02 Å². The Labute approximate surface area is 172 Å². The molecule has 0 spiro atoms. The molecular formula is C21H25ClN2O3S. The highest BCUT2D eigenvalue weighted by Crippen LogP contribution is 2.24. The van der Waals surface area contributed by atoms with E-state index in [9.17, 15) is 13.2 Å². The highest BCUT2D eigenvalue weighted by Gasteiger charge is 2.15. The largest absolute Gasteiger partial charge is 0.339 e. The minimum atomic E-state index is -3.75. The van der Waals surface area contributed by atoms with E-state index in [0.717, 1.165) is 24.9 Å². The topological polar surface area (TPSA) is 66.5 Å². The van der Waals surface area contributed by atoms with E-state index >= 15 is 0 Å². The number of unbranched alkanes of at least 4 members (excludes halogenated alkanes) is 1. The van der Waals surface area contributed by atoms with Crippen LogP contribution in [0.1, 0.15) is 32.3 Å². The molecule has 2 aromatic rings. The molecule has 0 aliphatic heterocycles. The lowest BCUT2D eigenvalue weighted by molar-refractivity contribution is -0.125. The van der Waals surface area contributed by atoms with Crippen molar-refractivity contribution in [3.63, 3.8) is 0 Å². The van der Waals surface area contributed by atoms with Crippen LogP contribution < -0.4 is 4.72 Å². The first-order valence-corrected chi connectivity index (χ1v) is 11.1. The Bertz CT molecular complexity index is 925. The molecule has 0 aliphatic carbocycles. The number of sulfonamides is 1. The zero-order chi connectivity index (χ0) is 20.6. The van der Waals surface area contributed by atoms with Crippen molar-refractivity contribution in [3.05, 3.63) is 65.2 Å². The molecule has 5 nitrogen and oxygen atoms in total. The van der Waals surface area contributed by atoms with Gasteiger partial charge in [-0.3, -0.25) is 9.52 Å². The van der Waals surface area contributed by atoms with Gasteiger partial charge in [-0.05, 0) is 49.2 Å². The number of nitrogens with one attached hydrogen (secondary N) is 1. The summed E-state index contributed by atoms with van der Waals surface area (Å²) in [4.78, 5) is 14.1. The first-order valence-electron chi connectivity index (χ1n) is 9.21. The number of hydrogen-bond acceptors (Lipinski definition) is 3. The summed E-state index contributed by atoms with van der Waals surface area (Å²) < 4.78 is 27.5. The fourth-order valence-corrected chi connectivity index (χ4v) is 3.87. The van der Waals surface area contributed by atoms with Crippen LogP contribution in [0.15, 0.2) is 59.5 Å². The third-order valence-corrected chi connectivity index (χ3v) is 5.91. The predicted octanol–water partition coefficient (Wildman–Crippen LogP) is 4.80. The molecular weight excluding hydrogens is 396 g/mol. The molecule has 0 bridgehead atoms. The van der Waals surface area contributed by atoms with E-state index in [1.807, 2.05) is 6.92 Å². The van der Waals surface area contributed by atoms with Crippen LogP contribution in [0.4, 0.5) is 5.69 Å². The lowest BCUT2D eigenvalue weighted by Crippen LogP contribution is -2.30. The molecule has 0 saturated carbocycles. The van der Waals surface area contributed by atoms with Gasteiger partial charge in [0.25, 0.3) is 10.0 Å². The van der Waals surface area contributed by atoms with Crippen LogP contribution in [-0.4, -0.2) is 32.3 Å². The molecule has 0 radical (unpaired) electrons. The number of amides is 1. The predicted molar refractivity (Wildman–Crippen MR) is 115 cm³/mol. The van der Waals surface area contributed by atoms with Crippen molar-refractivity contribution in [3.8, 4) is 0 Å². The smallest absolute Gasteiger partial charge is 0.261 e. The van der Waals surface area contributed by atoms with Crippen LogP contribution in [0.25, 0.3) is 6.08 Å². The Balaban J connectivity index is 2.08. The molecule has 0 heterocycles. The monoisotopic (exact) mass is 420 g/mol. The van der Waals surface area contributed by atoms with E-state index in [2.05, 4.69) is 11.6 Å². The van der Waals surface area contributed by atoms with E-state index in [1.54, 1.807) is 47.4 Å². The number of hydrogen-bond donors (Lipinski definition) is 1. The minimum Gasteiger partial charge on any atom is -0.339 e. The van der Waals surface area contributed by atoms with Gasteiger partial charge in [-0.2, -0.15) is 0 Å². The van der Waals surface area contributed by atoms with Crippen LogP contribution in [0, 0.1) is 0 Å². The second kappa shape index (κ2) is 10.3. The van der Waals surface area contributed by atoms with Gasteiger partial charge < -0.3 is 4.90 Å². The van der Waals surface area contributed by atoms with Crippen LogP contribution in [0.3, 0.4) is 0 Å². The summed E-state index contributed by atoms with van der Waals surface area (Å²) in [6.45, 7) is 5.44. The molecule has 1 N–H and O–H groups in total. The Morgan fingerprint density at radius 3 is 2.39 bits per heavy atom. The normalized spacial score (nSPS) is 11.5. The number of carbonyl (C=O) groups excluding carboxylic acids is 1. The molecule has 0 atom stereocenters. The van der Waals surface area contributed by atoms with E-state index < -0.39 is 10.0 Å². The van der Waals surface area contributed by atoms with Crippen LogP contribution in [-0.2, 0) is 14.8 Å². The van der Waals surface area contributed by atoms with Crippen molar-refractivity contribution < 1.29 is 13.2 Å². The maximum absolute atomic E-state index is 12.5. The molecule has 0 unspecified atom stereocenters. The second-order valence-electron chi connectivity index (χ2n) is 6.26. The first kappa shape index (κ1) is 22.0. The number of likely N-dealkylation sites (N-methyl/N-ethyl adjacent to an activating group) is 1. The van der Waals surface area contributed by atoms with Gasteiger partial charge in [0.05, 0.1) is 15.6 Å². The Morgan fingerprint density at radius 1 is 1.11 bits per heavy atom. The standard InChI is InChI=1S/C21H25ClN2O3S/c1-3-5-16-24(4-2)21(25)15-12-17-10-13-18(14-11-17)28(26,27)23-20-9-7-6-8-19(20)22/h6-15,23H,3-5,16H2,1-2H3/b15-12+. The van der Waals surface area contributed by atoms with Crippen LogP contribution in [0.5, 0.6) is 0 Å². The van der Waals surface area contributed by atoms with Crippen molar-refractivity contribution in [2.45, 2.75) is 31.6 Å². The molecule has 0 saturated heterocycles. The van der Waals surface area contributed by atoms with Crippen molar-refractivity contribution in [1.29, 1.82) is 0 Å². The molecule has 1 amide bonds. The van der Waals surface area contributed by atoms with Gasteiger partial charge in [0, 0.05) is 19.2 Å². The Kier molecular flexibility index (Phi) is 8.08. The van der Waals surface area contributed by atoms with Gasteiger partial charge in [-0.25, -0.2) is 8.42 Å². The molecule has 2 aromatic carbocycles. The van der Waals surface area contributed by atoms with Crippen molar-refractivity contribution in [1.82, 2.24) is 4.90 Å². The zero-order valence-electron chi connectivity index (χ0n) is 16.1. The van der Waals surface area contributed by atoms with E-state index in [1.165, 1.54) is 18.2 Å². The summed E-state index contributed by atoms with van der Waals surface area (Å²) >= 11 is 6.01. The first-order chi connectivity index (χ1) is 13.4. The third-order valence-electron chi connectivity index (χ3n) is 4.20. The number of carbonyl (C=O) groups is 1. The second-order valence-corrected chi connectivity index (χ2v) is 8.35. The number of halogens is 1. The molecule has 2 rings (SSSR count). The molecule has 7 heteroatoms. The number of anilines is 1. The van der Waals surface area contributed by atoms with Crippen molar-refractivity contribution in [2.75, 3.05) is 17.8 Å². The van der Waals surface area contributed by atoms with E-state index in [4.69, 9.17) is 11.6 Å². The van der Waals surface area contributed by atoms with Gasteiger partial charge in [0.15, 0.2) is 0 Å². The lowest BCUT2D eigenvalue weighted by Gasteiger charge is -2.18. The quantitative estimate of drug-likeness (QED) is 0.592. The molecule has 0 fully saturated rings. The summed E-state index contributed by atoms with van der Waals surface area (Å²) in [5, 5.41) is 0.327. The maximum Gasteiger partial charge on any atom is 0.261 e. The summed E-state index contributed by atoms with van der Waals surface area (Å²) in [7, 11) is -3.75. The van der Waals surface area contributed by atoms with Crippen molar-refractivity contribution in [2.24, 2.45) is 0 Å². The Morgan fingerprint density at radius 2 is 1.79 bits per heavy atom. The fourth-order valence-electron chi connectivity index (χ4n) is 2.55. The summed E-state index contributed by atoms with van der Waals surface area (Å²) in [6, 6.07) is 13.0. The zero-order valence-corrected chi connectivity index (χ0v) is 17.6. The van der Waals surface area contributed by atoms with Crippen molar-refractivity contribution >= 4 is 39.3 Å². The number of rotatable bonds is 9. The highest BCUT2D eigenvalue weighted by atomic mass is 35.5. The summed E-state index contributed by atoms with van der Waals surface area (Å²) in [6.07, 6.45) is 5.21. The van der Waals surface area contributed by atoms with Gasteiger partial charge in [0.2, 0.25) is 5.91 Å². The molecule has 28 heavy (non-hydrogen) atoms. The molecule has 150 valence electrons. The average Bonchev–Trinajstić information content (AvgIpc) is 2.69. The van der Waals surface area contributed by atoms with Gasteiger partial charge in [0.1, 0.15) is 0 Å². The Hall–Kier alpha value is -2.31. The van der Waals surface area contributed by atoms with Gasteiger partial charge in [-0.1, -0.05) is 49.2 Å². The lowest BCUT2D eigenvalue weighted by atomic mass is 10.2. The summed E-state index contributed by atoms with van der Waals surface area (Å²) in [5.41, 5.74) is 1.07. The van der Waals surface area contributed by atoms with Gasteiger partial charge >= 0.3 is 0 Å². The average molecular weight is 421 g/mol. The number of para-hydroxylation sites is 1. The SMILES string of the molecule is CCCCN(CC)C(=O)/C=C/c1ccc(S(=O)(=O)Nc2ccccc2Cl)cc1. The minimum absolute atomic E-state index is 0.0481. The molecule has 0 aliphatic rings. The number of benzene rings is 2. The van der Waals surface area contributed by atoms with Crippen LogP contribution >= 0.6 is 11.6 Å². The number of nitrogens with zero attached hydrogens (tertiary/aromatic N) is 1. The highest BCUT2D eigenvalue weighted by molar-refractivity contribution is 7.92. The fraction of sp³-hybridized carbons (Fsp3) is 0.286. The van der Waals surface area contributed by atoms with E-state index in [-0.39, 0.29) is 10.8 Å². The third kappa shape index (κ3) is 6.11. The van der Waals surface area contributed by atoms with E-state index in [0.29, 0.717) is 17.3 Å². The van der Waals surface area contributed by atoms with Gasteiger partial charge in [-0.15, -0.1) is 0 Å². The molecule has 0 aromatic heterocycles. The summed E-state index contributed by atoms with van der Waals surface area (Å²) in [5.74, 6) is -0.0481. The maximum atomic E-state index is 12.5.